The Morgan fingerprint density at radius 1 is 0.620 bits per heavy atom. The minimum atomic E-state index is -2.75. The number of aryl methyl sites for hydroxylation is 1. The molecule has 2 aromatic heterocycles. The maximum atomic E-state index is 15.1. The molecule has 530 valence electrons. The average Bonchev–Trinajstić information content (AvgIpc) is 1.13. The lowest BCUT2D eigenvalue weighted by Gasteiger charge is -2.55. The number of rotatable bonds is 14. The summed E-state index contributed by atoms with van der Waals surface area (Å²) in [4.78, 5) is 73.8. The number of nitrogens with zero attached hydrogens (tertiary/aromatic N) is 4. The second-order valence-electron chi connectivity index (χ2n) is 29.6. The summed E-state index contributed by atoms with van der Waals surface area (Å²) in [5.74, 6) is -1.76. The molecule has 1 saturated heterocycles. The van der Waals surface area contributed by atoms with Gasteiger partial charge in [-0.05, 0) is 166 Å². The fourth-order valence-electron chi connectivity index (χ4n) is 13.4. The SMILES string of the molecule is C1CCOC1.C=C.CN(C)[C@@H]1c2onc(OCc3ccccc3)c2C(=O)[C@@]2(O[Si](C)(C)C(C)(C)C)C(=O)C3=C(O)c4ccccc4C[C@H]3C[C@@H]12.CN(C)[C@@H]1c2onc(OCc3ccccc3)c2C(=O)[C@@]2(O[Si](C)(C)C(C)(C)C)C(=O)C=CC[C@@H]12.Cc1ccccc1C(=O)Oc1ccccc1. The van der Waals surface area contributed by atoms with Crippen molar-refractivity contribution in [1.29, 1.82) is 0 Å². The summed E-state index contributed by atoms with van der Waals surface area (Å²) in [6.07, 6.45) is 7.46. The van der Waals surface area contributed by atoms with Crippen LogP contribution in [0.5, 0.6) is 17.5 Å². The Morgan fingerprint density at radius 3 is 1.57 bits per heavy atom. The van der Waals surface area contributed by atoms with Crippen LogP contribution >= 0.6 is 0 Å². The molecule has 5 aliphatic carbocycles. The normalized spacial score (nSPS) is 22.1. The van der Waals surface area contributed by atoms with Crippen molar-refractivity contribution in [1.82, 2.24) is 20.1 Å². The van der Waals surface area contributed by atoms with Gasteiger partial charge < -0.3 is 42.0 Å². The molecule has 0 unspecified atom stereocenters. The number of aromatic nitrogens is 2. The first-order chi connectivity index (χ1) is 47.4. The molecule has 1 N–H and O–H groups in total. The number of allylic oxidation sites excluding steroid dienone is 1. The number of esters is 1. The number of para-hydroxylation sites is 1. The van der Waals surface area contributed by atoms with Gasteiger partial charge in [-0.25, -0.2) is 4.79 Å². The van der Waals surface area contributed by atoms with Gasteiger partial charge in [-0.3, -0.25) is 29.0 Å². The van der Waals surface area contributed by atoms with Crippen LogP contribution < -0.4 is 14.2 Å². The number of hydrogen-bond donors (Lipinski definition) is 1. The predicted octanol–water partition coefficient (Wildman–Crippen LogP) is 16.3. The van der Waals surface area contributed by atoms with Gasteiger partial charge in [-0.2, -0.15) is 0 Å². The Balaban J connectivity index is 0.000000180. The van der Waals surface area contributed by atoms with Crippen LogP contribution in [0.25, 0.3) is 5.76 Å². The molecule has 7 atom stereocenters. The zero-order chi connectivity index (χ0) is 72.7. The number of fused-ring (bicyclic) bond motifs is 6. The van der Waals surface area contributed by atoms with Crippen molar-refractivity contribution in [2.75, 3.05) is 41.4 Å². The molecule has 20 heteroatoms. The summed E-state index contributed by atoms with van der Waals surface area (Å²) in [5, 5.41) is 19.5. The lowest BCUT2D eigenvalue weighted by molar-refractivity contribution is -0.140. The average molecular weight is 1400 g/mol. The Morgan fingerprint density at radius 2 is 1.08 bits per heavy atom. The molecule has 0 bridgehead atoms. The summed E-state index contributed by atoms with van der Waals surface area (Å²) >= 11 is 0. The number of hydrogen-bond acceptors (Lipinski definition) is 18. The number of carbonyl (C=O) groups is 5. The second-order valence-corrected chi connectivity index (χ2v) is 39.1. The van der Waals surface area contributed by atoms with Gasteiger partial charge >= 0.3 is 5.97 Å². The van der Waals surface area contributed by atoms with Gasteiger partial charge in [0.1, 0.15) is 35.8 Å². The summed E-state index contributed by atoms with van der Waals surface area (Å²) in [5.41, 5.74) is 2.14. The summed E-state index contributed by atoms with van der Waals surface area (Å²) in [6.45, 7) is 31.1. The Kier molecular flexibility index (Phi) is 23.6. The molecule has 1 aliphatic heterocycles. The van der Waals surface area contributed by atoms with Crippen molar-refractivity contribution in [2.45, 2.75) is 153 Å². The van der Waals surface area contributed by atoms with Crippen molar-refractivity contribution >= 4 is 51.5 Å². The summed E-state index contributed by atoms with van der Waals surface area (Å²) < 4.78 is 47.8. The molecule has 2 fully saturated rings. The van der Waals surface area contributed by atoms with Gasteiger partial charge in [-0.15, -0.1) is 13.2 Å². The van der Waals surface area contributed by atoms with E-state index in [0.717, 1.165) is 35.5 Å². The van der Waals surface area contributed by atoms with Crippen LogP contribution in [0.4, 0.5) is 0 Å². The molecule has 18 nitrogen and oxygen atoms in total. The zero-order valence-corrected chi connectivity index (χ0v) is 62.6. The lowest BCUT2D eigenvalue weighted by Crippen LogP contribution is -2.68. The minimum Gasteiger partial charge on any atom is -0.507 e. The maximum Gasteiger partial charge on any atom is 0.343 e. The quantitative estimate of drug-likeness (QED) is 0.0352. The molecule has 5 aromatic carbocycles. The molecule has 100 heavy (non-hydrogen) atoms. The number of ketones is 4. The molecule has 0 spiro atoms. The van der Waals surface area contributed by atoms with E-state index in [1.165, 1.54) is 18.9 Å². The third kappa shape index (κ3) is 15.2. The van der Waals surface area contributed by atoms with E-state index in [9.17, 15) is 19.5 Å². The third-order valence-corrected chi connectivity index (χ3v) is 29.4. The first-order valence-electron chi connectivity index (χ1n) is 34.3. The molecular formula is C80H98N4O14Si2. The van der Waals surface area contributed by atoms with Crippen LogP contribution in [-0.4, -0.2) is 124 Å². The molecule has 1 saturated carbocycles. The number of aliphatic hydroxyl groups excluding tert-OH is 1. The predicted molar refractivity (Wildman–Crippen MR) is 391 cm³/mol. The minimum absolute atomic E-state index is 0.0504. The highest BCUT2D eigenvalue weighted by Crippen LogP contribution is 2.59. The first-order valence-corrected chi connectivity index (χ1v) is 40.1. The van der Waals surface area contributed by atoms with E-state index in [1.54, 1.807) is 18.2 Å². The summed E-state index contributed by atoms with van der Waals surface area (Å²) in [7, 11) is 2.37. The van der Waals surface area contributed by atoms with Crippen LogP contribution in [-0.2, 0) is 42.8 Å². The number of carbonyl (C=O) groups excluding carboxylic acids is 5. The van der Waals surface area contributed by atoms with Crippen LogP contribution in [0.15, 0.2) is 179 Å². The van der Waals surface area contributed by atoms with Gasteiger partial charge in [0, 0.05) is 36.2 Å². The molecule has 0 amide bonds. The topological polar surface area (TPSA) is 219 Å². The van der Waals surface area contributed by atoms with Crippen molar-refractivity contribution in [3.8, 4) is 17.5 Å². The standard InChI is InChI=1S/C34H40N2O6Si.C26H34N2O5Si.C14H12O2.C4H8O.C2H4/c1-33(2,3)43(6,7)42-34-24(18-22-17-21-15-11-12-16-23(21)28(37)25(22)30(34)38)27(36(4)5)29-26(31(34)39)32(35-41-29)40-19-20-13-9-8-10-14-20;1-25(2,3)34(6,7)33-26-18(14-11-15-19(26)29)21(28(4)5)22-20(23(26)30)24(27-32-22)31-16-17-12-9-8-10-13-17;1-11-7-5-6-10-13(11)14(15)16-12-8-3-2-4-9-12;1-2-4-5-3-1;1-2/h8-16,22,24,27,37H,17-19H2,1-7H3;8-13,15,18,21H,14,16H2,1-7H3;2-10H,1H3;1-4H2;1-2H2/t22-,24-,27-,34-;18-,21-,26-;;;/m00.../s1. The molecule has 6 aliphatic rings. The van der Waals surface area contributed by atoms with Gasteiger partial charge in [0.05, 0.1) is 17.6 Å². The van der Waals surface area contributed by atoms with Crippen molar-refractivity contribution in [3.05, 3.63) is 226 Å². The second kappa shape index (κ2) is 31.2. The molecule has 13 rings (SSSR count). The summed E-state index contributed by atoms with van der Waals surface area (Å²) in [6, 6.07) is 42.4. The van der Waals surface area contributed by atoms with E-state index >= 15 is 9.59 Å². The largest absolute Gasteiger partial charge is 0.507 e. The Hall–Kier alpha value is -8.48. The van der Waals surface area contributed by atoms with E-state index < -0.39 is 63.1 Å². The van der Waals surface area contributed by atoms with Gasteiger partial charge in [0.15, 0.2) is 45.1 Å². The van der Waals surface area contributed by atoms with Gasteiger partial charge in [0.2, 0.25) is 17.3 Å². The zero-order valence-electron chi connectivity index (χ0n) is 60.6. The highest BCUT2D eigenvalue weighted by atomic mass is 28.4. The number of benzene rings is 5. The molecule has 3 heterocycles. The van der Waals surface area contributed by atoms with E-state index in [2.05, 4.69) is 91.2 Å². The fourth-order valence-corrected chi connectivity index (χ4v) is 16.3. The van der Waals surface area contributed by atoms with E-state index in [0.29, 0.717) is 47.7 Å². The van der Waals surface area contributed by atoms with E-state index in [4.69, 9.17) is 36.8 Å². The Labute approximate surface area is 590 Å². The van der Waals surface area contributed by atoms with Crippen LogP contribution in [0.1, 0.15) is 150 Å². The van der Waals surface area contributed by atoms with Crippen molar-refractivity contribution < 1.29 is 65.9 Å². The van der Waals surface area contributed by atoms with Crippen molar-refractivity contribution in [2.24, 2.45) is 17.8 Å². The third-order valence-electron chi connectivity index (χ3n) is 20.5. The molecular weight excluding hydrogens is 1300 g/mol. The first kappa shape index (κ1) is 75.7. The maximum absolute atomic E-state index is 15.1. The smallest absolute Gasteiger partial charge is 0.343 e. The fraction of sp³-hybridized carbons (Fsp3) is 0.412. The van der Waals surface area contributed by atoms with Crippen molar-refractivity contribution in [3.63, 3.8) is 0 Å². The van der Waals surface area contributed by atoms with E-state index in [1.807, 2.05) is 172 Å². The van der Waals surface area contributed by atoms with Gasteiger partial charge in [0.25, 0.3) is 11.8 Å². The Bertz CT molecular complexity index is 4100. The monoisotopic (exact) mass is 1390 g/mol. The van der Waals surface area contributed by atoms with E-state index in [-0.39, 0.29) is 81.2 Å². The van der Waals surface area contributed by atoms with Crippen LogP contribution in [0, 0.1) is 24.7 Å². The molecule has 0 radical (unpaired) electrons. The van der Waals surface area contributed by atoms with Gasteiger partial charge in [-0.1, -0.05) is 169 Å². The molecule has 7 aromatic rings. The number of ether oxygens (including phenoxy) is 4. The highest BCUT2D eigenvalue weighted by molar-refractivity contribution is 6.75. The lowest BCUT2D eigenvalue weighted by atomic mass is 9.57. The highest BCUT2D eigenvalue weighted by Gasteiger charge is 2.69. The number of aliphatic hydroxyl groups is 1. The van der Waals surface area contributed by atoms with Crippen LogP contribution in [0.3, 0.4) is 0 Å². The number of Topliss-reactive ketones (excluding diaryl/α,β-unsaturated/α-hetero) is 3. The van der Waals surface area contributed by atoms with Crippen LogP contribution in [0.2, 0.25) is 36.3 Å².